The second-order valence-corrected chi connectivity index (χ2v) is 7.85. The third-order valence-corrected chi connectivity index (χ3v) is 5.81. The van der Waals surface area contributed by atoms with E-state index in [-0.39, 0.29) is 24.0 Å². The lowest BCUT2D eigenvalue weighted by Gasteiger charge is -2.28. The maximum Gasteiger partial charge on any atom is 0.193 e. The van der Waals surface area contributed by atoms with Gasteiger partial charge in [0.1, 0.15) is 0 Å². The molecule has 2 saturated heterocycles. The van der Waals surface area contributed by atoms with Crippen LogP contribution >= 0.6 is 24.0 Å². The van der Waals surface area contributed by atoms with Crippen LogP contribution in [0.2, 0.25) is 0 Å². The Labute approximate surface area is 193 Å². The average Bonchev–Trinajstić information content (AvgIpc) is 3.37. The standard InChI is InChI=1S/C22H36N4O2.HI/c1-23-22(26-12-10-20(17-26)18-28-14-13-27-2)24-15-21-9-6-11-25(21)16-19-7-4-3-5-8-19;/h3-5,7-8,20-21H,6,9-18H2,1-2H3,(H,23,24);1H. The Hall–Kier alpha value is -0.900. The smallest absolute Gasteiger partial charge is 0.193 e. The number of hydrogen-bond donors (Lipinski definition) is 1. The summed E-state index contributed by atoms with van der Waals surface area (Å²) >= 11 is 0. The number of aliphatic imine (C=N–C) groups is 1. The van der Waals surface area contributed by atoms with Crippen molar-refractivity contribution in [3.63, 3.8) is 0 Å². The fraction of sp³-hybridized carbons (Fsp3) is 0.682. The van der Waals surface area contributed by atoms with Crippen LogP contribution in [0.5, 0.6) is 0 Å². The summed E-state index contributed by atoms with van der Waals surface area (Å²) in [5.74, 6) is 1.61. The van der Waals surface area contributed by atoms with Crippen molar-refractivity contribution in [3.8, 4) is 0 Å². The zero-order chi connectivity index (χ0) is 19.6. The van der Waals surface area contributed by atoms with Gasteiger partial charge in [-0.1, -0.05) is 30.3 Å². The van der Waals surface area contributed by atoms with E-state index >= 15 is 0 Å². The van der Waals surface area contributed by atoms with Gasteiger partial charge in [-0.3, -0.25) is 9.89 Å². The van der Waals surface area contributed by atoms with E-state index in [1.54, 1.807) is 7.11 Å². The van der Waals surface area contributed by atoms with Crippen LogP contribution in [0.4, 0.5) is 0 Å². The molecule has 0 amide bonds. The van der Waals surface area contributed by atoms with E-state index < -0.39 is 0 Å². The minimum absolute atomic E-state index is 0. The van der Waals surface area contributed by atoms with Crippen molar-refractivity contribution in [2.24, 2.45) is 10.9 Å². The lowest BCUT2D eigenvalue weighted by Crippen LogP contribution is -2.46. The van der Waals surface area contributed by atoms with Gasteiger partial charge in [0.2, 0.25) is 0 Å². The molecule has 0 saturated carbocycles. The first-order chi connectivity index (χ1) is 13.8. The van der Waals surface area contributed by atoms with Crippen LogP contribution in [0.15, 0.2) is 35.3 Å². The van der Waals surface area contributed by atoms with Gasteiger partial charge in [-0.25, -0.2) is 0 Å². The minimum atomic E-state index is 0. The number of likely N-dealkylation sites (tertiary alicyclic amines) is 2. The molecule has 1 aromatic carbocycles. The van der Waals surface area contributed by atoms with Gasteiger partial charge >= 0.3 is 0 Å². The van der Waals surface area contributed by atoms with E-state index in [0.717, 1.165) is 45.2 Å². The van der Waals surface area contributed by atoms with Crippen molar-refractivity contribution in [3.05, 3.63) is 35.9 Å². The molecule has 29 heavy (non-hydrogen) atoms. The molecule has 2 heterocycles. The summed E-state index contributed by atoms with van der Waals surface area (Å²) in [5, 5.41) is 3.64. The number of nitrogens with zero attached hydrogens (tertiary/aromatic N) is 3. The number of nitrogens with one attached hydrogen (secondary N) is 1. The predicted octanol–water partition coefficient (Wildman–Crippen LogP) is 2.83. The molecule has 1 aromatic rings. The maximum atomic E-state index is 5.71. The average molecular weight is 516 g/mol. The Morgan fingerprint density at radius 2 is 2.00 bits per heavy atom. The molecule has 3 rings (SSSR count). The number of rotatable bonds is 9. The Morgan fingerprint density at radius 1 is 1.17 bits per heavy atom. The lowest BCUT2D eigenvalue weighted by atomic mass is 10.1. The molecule has 0 radical (unpaired) electrons. The normalized spacial score (nSPS) is 22.7. The number of halogens is 1. The molecule has 2 fully saturated rings. The lowest BCUT2D eigenvalue weighted by molar-refractivity contribution is 0.0536. The first kappa shape index (κ1) is 24.4. The predicted molar refractivity (Wildman–Crippen MR) is 129 cm³/mol. The summed E-state index contributed by atoms with van der Waals surface area (Å²) in [4.78, 5) is 9.52. The fourth-order valence-corrected chi connectivity index (χ4v) is 4.25. The molecule has 0 spiro atoms. The van der Waals surface area contributed by atoms with Crippen LogP contribution in [0.1, 0.15) is 24.8 Å². The number of guanidine groups is 1. The van der Waals surface area contributed by atoms with Crippen LogP contribution in [0, 0.1) is 5.92 Å². The molecule has 7 heteroatoms. The van der Waals surface area contributed by atoms with Crippen LogP contribution < -0.4 is 5.32 Å². The zero-order valence-corrected chi connectivity index (χ0v) is 20.2. The Morgan fingerprint density at radius 3 is 2.76 bits per heavy atom. The summed E-state index contributed by atoms with van der Waals surface area (Å²) in [7, 11) is 3.60. The van der Waals surface area contributed by atoms with Gasteiger partial charge in [0.25, 0.3) is 0 Å². The molecule has 0 aromatic heterocycles. The second kappa shape index (κ2) is 13.4. The summed E-state index contributed by atoms with van der Waals surface area (Å²) < 4.78 is 10.8. The third kappa shape index (κ3) is 7.70. The van der Waals surface area contributed by atoms with E-state index in [0.29, 0.717) is 25.2 Å². The second-order valence-electron chi connectivity index (χ2n) is 7.85. The van der Waals surface area contributed by atoms with Crippen molar-refractivity contribution < 1.29 is 9.47 Å². The highest BCUT2D eigenvalue weighted by molar-refractivity contribution is 14.0. The fourth-order valence-electron chi connectivity index (χ4n) is 4.25. The third-order valence-electron chi connectivity index (χ3n) is 5.81. The molecule has 6 nitrogen and oxygen atoms in total. The molecular weight excluding hydrogens is 479 g/mol. The zero-order valence-electron chi connectivity index (χ0n) is 17.9. The number of methoxy groups -OCH3 is 1. The van der Waals surface area contributed by atoms with Crippen LogP contribution in [-0.2, 0) is 16.0 Å². The van der Waals surface area contributed by atoms with E-state index in [1.807, 2.05) is 7.05 Å². The van der Waals surface area contributed by atoms with Gasteiger partial charge in [0.05, 0.1) is 19.8 Å². The van der Waals surface area contributed by atoms with Crippen LogP contribution in [0.3, 0.4) is 0 Å². The molecule has 1 N–H and O–H groups in total. The van der Waals surface area contributed by atoms with Gasteiger partial charge in [-0.05, 0) is 31.4 Å². The summed E-state index contributed by atoms with van der Waals surface area (Å²) in [6, 6.07) is 11.4. The van der Waals surface area contributed by atoms with Crippen molar-refractivity contribution in [1.29, 1.82) is 0 Å². The largest absolute Gasteiger partial charge is 0.382 e. The monoisotopic (exact) mass is 516 g/mol. The van der Waals surface area contributed by atoms with E-state index in [9.17, 15) is 0 Å². The minimum Gasteiger partial charge on any atom is -0.382 e. The van der Waals surface area contributed by atoms with Gasteiger partial charge in [0.15, 0.2) is 5.96 Å². The Kier molecular flexibility index (Phi) is 11.3. The topological polar surface area (TPSA) is 49.3 Å². The van der Waals surface area contributed by atoms with Crippen molar-refractivity contribution in [2.75, 3.05) is 60.2 Å². The highest BCUT2D eigenvalue weighted by atomic mass is 127. The molecule has 164 valence electrons. The van der Waals surface area contributed by atoms with Crippen molar-refractivity contribution in [1.82, 2.24) is 15.1 Å². The van der Waals surface area contributed by atoms with Gasteiger partial charge in [-0.2, -0.15) is 0 Å². The van der Waals surface area contributed by atoms with E-state index in [2.05, 4.69) is 50.4 Å². The van der Waals surface area contributed by atoms with Crippen LogP contribution in [-0.4, -0.2) is 82.0 Å². The summed E-state index contributed by atoms with van der Waals surface area (Å²) in [6.45, 7) is 7.41. The first-order valence-corrected chi connectivity index (χ1v) is 10.6. The first-order valence-electron chi connectivity index (χ1n) is 10.6. The van der Waals surface area contributed by atoms with Gasteiger partial charge < -0.3 is 19.7 Å². The quantitative estimate of drug-likeness (QED) is 0.237. The van der Waals surface area contributed by atoms with Crippen molar-refractivity contribution >= 4 is 29.9 Å². The highest BCUT2D eigenvalue weighted by Crippen LogP contribution is 2.20. The SMILES string of the molecule is CN=C(NCC1CCCN1Cc1ccccc1)N1CCC(COCCOC)C1.I. The van der Waals surface area contributed by atoms with Crippen molar-refractivity contribution in [2.45, 2.75) is 31.8 Å². The molecule has 0 aliphatic carbocycles. The number of ether oxygens (including phenoxy) is 2. The number of hydrogen-bond acceptors (Lipinski definition) is 4. The van der Waals surface area contributed by atoms with Gasteiger partial charge in [-0.15, -0.1) is 24.0 Å². The summed E-state index contributed by atoms with van der Waals surface area (Å²) in [6.07, 6.45) is 3.70. The molecule has 2 aliphatic heterocycles. The molecular formula is C22H37IN4O2. The number of benzene rings is 1. The van der Waals surface area contributed by atoms with E-state index in [1.165, 1.54) is 24.9 Å². The Balaban J connectivity index is 0.00000300. The van der Waals surface area contributed by atoms with E-state index in [4.69, 9.17) is 9.47 Å². The molecule has 2 atom stereocenters. The highest BCUT2D eigenvalue weighted by Gasteiger charge is 2.28. The van der Waals surface area contributed by atoms with Gasteiger partial charge in [0, 0.05) is 52.3 Å². The molecule has 0 bridgehead atoms. The van der Waals surface area contributed by atoms with Crippen LogP contribution in [0.25, 0.3) is 0 Å². The summed E-state index contributed by atoms with van der Waals surface area (Å²) in [5.41, 5.74) is 1.40. The molecule has 2 unspecified atom stereocenters. The molecule has 2 aliphatic rings. The maximum absolute atomic E-state index is 5.71. The Bertz CT molecular complexity index is 602.